The lowest BCUT2D eigenvalue weighted by molar-refractivity contribution is 1.41. The van der Waals surface area contributed by atoms with Crippen molar-refractivity contribution in [2.75, 3.05) is 5.73 Å². The number of thiazole rings is 1. The average Bonchev–Trinajstić information content (AvgIpc) is 2.69. The third-order valence-electron chi connectivity index (χ3n) is 2.85. The van der Waals surface area contributed by atoms with Gasteiger partial charge < -0.3 is 5.73 Å². The second-order valence-electron chi connectivity index (χ2n) is 4.24. The molecule has 0 amide bonds. The second-order valence-corrected chi connectivity index (χ2v) is 6.56. The monoisotopic (exact) mass is 318 g/mol. The van der Waals surface area contributed by atoms with Crippen molar-refractivity contribution in [2.45, 2.75) is 6.92 Å². The third-order valence-corrected chi connectivity index (χ3v) is 4.65. The Bertz CT molecular complexity index is 714. The summed E-state index contributed by atoms with van der Waals surface area (Å²) >= 11 is 4.96. The first-order valence-electron chi connectivity index (χ1n) is 5.56. The summed E-state index contributed by atoms with van der Waals surface area (Å²) in [4.78, 5) is 4.35. The summed E-state index contributed by atoms with van der Waals surface area (Å²) in [6.07, 6.45) is 0. The van der Waals surface area contributed by atoms with Crippen molar-refractivity contribution in [3.8, 4) is 10.6 Å². The van der Waals surface area contributed by atoms with Crippen LogP contribution in [-0.2, 0) is 0 Å². The van der Waals surface area contributed by atoms with Crippen molar-refractivity contribution in [3.63, 3.8) is 0 Å². The van der Waals surface area contributed by atoms with Gasteiger partial charge in [0, 0.05) is 5.56 Å². The standard InChI is InChI=1S/C14H11BrN2S/c1-8-2-3-10-7-11(5-4-9(10)6-8)14-17-13(16)12(15)18-14/h2-7H,16H2,1H3. The van der Waals surface area contributed by atoms with Gasteiger partial charge >= 0.3 is 0 Å². The fourth-order valence-electron chi connectivity index (χ4n) is 1.93. The maximum atomic E-state index is 5.76. The van der Waals surface area contributed by atoms with E-state index in [4.69, 9.17) is 5.73 Å². The Kier molecular flexibility index (Phi) is 2.84. The highest BCUT2D eigenvalue weighted by molar-refractivity contribution is 9.11. The number of nitrogen functional groups attached to an aromatic ring is 1. The molecule has 0 saturated carbocycles. The Morgan fingerprint density at radius 1 is 1.11 bits per heavy atom. The molecule has 0 aliphatic rings. The lowest BCUT2D eigenvalue weighted by Gasteiger charge is -2.02. The van der Waals surface area contributed by atoms with Gasteiger partial charge in [0.2, 0.25) is 0 Å². The van der Waals surface area contributed by atoms with E-state index in [0.29, 0.717) is 5.82 Å². The van der Waals surface area contributed by atoms with Gasteiger partial charge in [-0.05, 0) is 39.7 Å². The van der Waals surface area contributed by atoms with Crippen LogP contribution in [0.15, 0.2) is 40.2 Å². The second kappa shape index (κ2) is 4.37. The molecule has 0 radical (unpaired) electrons. The molecule has 1 heterocycles. The lowest BCUT2D eigenvalue weighted by Crippen LogP contribution is -1.85. The zero-order valence-corrected chi connectivity index (χ0v) is 12.2. The highest BCUT2D eigenvalue weighted by Gasteiger charge is 2.08. The molecule has 1 aromatic heterocycles. The molecule has 3 aromatic rings. The molecule has 2 aromatic carbocycles. The van der Waals surface area contributed by atoms with Crippen LogP contribution < -0.4 is 5.73 Å². The van der Waals surface area contributed by atoms with Crippen LogP contribution in [0.5, 0.6) is 0 Å². The molecule has 3 rings (SSSR count). The molecule has 0 fully saturated rings. The first-order chi connectivity index (χ1) is 8.63. The molecular formula is C14H11BrN2S. The summed E-state index contributed by atoms with van der Waals surface area (Å²) in [6.45, 7) is 2.10. The molecule has 0 spiro atoms. The van der Waals surface area contributed by atoms with E-state index in [1.165, 1.54) is 16.3 Å². The number of rotatable bonds is 1. The number of hydrogen-bond acceptors (Lipinski definition) is 3. The van der Waals surface area contributed by atoms with E-state index in [1.807, 2.05) is 0 Å². The third kappa shape index (κ3) is 2.02. The Balaban J connectivity index is 2.16. The van der Waals surface area contributed by atoms with Crippen molar-refractivity contribution in [2.24, 2.45) is 0 Å². The zero-order chi connectivity index (χ0) is 12.7. The van der Waals surface area contributed by atoms with E-state index in [2.05, 4.69) is 64.2 Å². The van der Waals surface area contributed by atoms with E-state index in [9.17, 15) is 0 Å². The quantitative estimate of drug-likeness (QED) is 0.711. The van der Waals surface area contributed by atoms with E-state index >= 15 is 0 Å². The number of halogens is 1. The van der Waals surface area contributed by atoms with Gasteiger partial charge in [-0.25, -0.2) is 4.98 Å². The van der Waals surface area contributed by atoms with Crippen LogP contribution in [0.2, 0.25) is 0 Å². The van der Waals surface area contributed by atoms with Crippen LogP contribution in [0.4, 0.5) is 5.82 Å². The van der Waals surface area contributed by atoms with Gasteiger partial charge in [-0.1, -0.05) is 35.9 Å². The highest BCUT2D eigenvalue weighted by Crippen LogP contribution is 2.34. The number of aromatic nitrogens is 1. The van der Waals surface area contributed by atoms with Crippen molar-refractivity contribution >= 4 is 43.9 Å². The number of benzene rings is 2. The fourth-order valence-corrected chi connectivity index (χ4v) is 3.19. The van der Waals surface area contributed by atoms with Gasteiger partial charge in [0.25, 0.3) is 0 Å². The maximum absolute atomic E-state index is 5.76. The van der Waals surface area contributed by atoms with Crippen molar-refractivity contribution < 1.29 is 0 Å². The number of aryl methyl sites for hydroxylation is 1. The topological polar surface area (TPSA) is 38.9 Å². The van der Waals surface area contributed by atoms with Gasteiger partial charge in [0.05, 0.1) is 0 Å². The minimum absolute atomic E-state index is 0.555. The van der Waals surface area contributed by atoms with Gasteiger partial charge in [0.1, 0.15) is 14.6 Å². The van der Waals surface area contributed by atoms with Gasteiger partial charge in [-0.15, -0.1) is 11.3 Å². The largest absolute Gasteiger partial charge is 0.382 e. The minimum Gasteiger partial charge on any atom is -0.382 e. The summed E-state index contributed by atoms with van der Waals surface area (Å²) in [7, 11) is 0. The smallest absolute Gasteiger partial charge is 0.149 e. The molecule has 2 nitrogen and oxygen atoms in total. The number of anilines is 1. The normalized spacial score (nSPS) is 11.0. The van der Waals surface area contributed by atoms with Crippen LogP contribution in [0, 0.1) is 6.92 Å². The first-order valence-corrected chi connectivity index (χ1v) is 7.17. The number of hydrogen-bond donors (Lipinski definition) is 1. The Labute approximate surface area is 118 Å². The van der Waals surface area contributed by atoms with Crippen LogP contribution >= 0.6 is 27.3 Å². The van der Waals surface area contributed by atoms with E-state index < -0.39 is 0 Å². The predicted molar refractivity (Wildman–Crippen MR) is 81.9 cm³/mol. The molecule has 0 unspecified atom stereocenters. The van der Waals surface area contributed by atoms with Crippen LogP contribution in [0.25, 0.3) is 21.3 Å². The Morgan fingerprint density at radius 2 is 1.83 bits per heavy atom. The van der Waals surface area contributed by atoms with Gasteiger partial charge in [-0.3, -0.25) is 0 Å². The predicted octanol–water partition coefficient (Wildman–Crippen LogP) is 4.62. The number of nitrogens with two attached hydrogens (primary N) is 1. The summed E-state index contributed by atoms with van der Waals surface area (Å²) in [6, 6.07) is 12.8. The van der Waals surface area contributed by atoms with Crippen molar-refractivity contribution in [1.82, 2.24) is 4.98 Å². The zero-order valence-electron chi connectivity index (χ0n) is 9.77. The SMILES string of the molecule is Cc1ccc2cc(-c3nc(N)c(Br)s3)ccc2c1. The molecule has 18 heavy (non-hydrogen) atoms. The Hall–Kier alpha value is -1.39. The molecular weight excluding hydrogens is 308 g/mol. The summed E-state index contributed by atoms with van der Waals surface area (Å²) in [5, 5.41) is 3.42. The minimum atomic E-state index is 0.555. The fraction of sp³-hybridized carbons (Fsp3) is 0.0714. The van der Waals surface area contributed by atoms with Gasteiger partial charge in [0.15, 0.2) is 0 Å². The molecule has 2 N–H and O–H groups in total. The summed E-state index contributed by atoms with van der Waals surface area (Å²) in [5.41, 5.74) is 8.14. The van der Waals surface area contributed by atoms with Crippen LogP contribution in [-0.4, -0.2) is 4.98 Å². The number of fused-ring (bicyclic) bond motifs is 1. The van der Waals surface area contributed by atoms with Crippen molar-refractivity contribution in [3.05, 3.63) is 45.7 Å². The highest BCUT2D eigenvalue weighted by atomic mass is 79.9. The van der Waals surface area contributed by atoms with E-state index in [0.717, 1.165) is 14.4 Å². The average molecular weight is 319 g/mol. The molecule has 0 aliphatic carbocycles. The summed E-state index contributed by atoms with van der Waals surface area (Å²) < 4.78 is 0.890. The van der Waals surface area contributed by atoms with Gasteiger partial charge in [-0.2, -0.15) is 0 Å². The van der Waals surface area contributed by atoms with E-state index in [-0.39, 0.29) is 0 Å². The van der Waals surface area contributed by atoms with Crippen LogP contribution in [0.1, 0.15) is 5.56 Å². The summed E-state index contributed by atoms with van der Waals surface area (Å²) in [5.74, 6) is 0.555. The number of nitrogens with zero attached hydrogens (tertiary/aromatic N) is 1. The molecule has 0 bridgehead atoms. The Morgan fingerprint density at radius 3 is 2.56 bits per heavy atom. The van der Waals surface area contributed by atoms with Crippen molar-refractivity contribution in [1.29, 1.82) is 0 Å². The van der Waals surface area contributed by atoms with E-state index in [1.54, 1.807) is 11.3 Å². The van der Waals surface area contributed by atoms with Crippen LogP contribution in [0.3, 0.4) is 0 Å². The molecule has 4 heteroatoms. The molecule has 0 aliphatic heterocycles. The molecule has 0 saturated heterocycles. The molecule has 90 valence electrons. The molecule has 0 atom stereocenters. The lowest BCUT2D eigenvalue weighted by atomic mass is 10.1. The maximum Gasteiger partial charge on any atom is 0.149 e. The first kappa shape index (κ1) is 11.7.